The third kappa shape index (κ3) is 3.18. The highest BCUT2D eigenvalue weighted by Gasteiger charge is 2.15. The molecule has 0 saturated carbocycles. The Morgan fingerprint density at radius 3 is 1.59 bits per heavy atom. The summed E-state index contributed by atoms with van der Waals surface area (Å²) in [6.45, 7) is 3.68. The van der Waals surface area contributed by atoms with Crippen molar-refractivity contribution in [3.05, 3.63) is 78.7 Å². The summed E-state index contributed by atoms with van der Waals surface area (Å²) in [5.41, 5.74) is 2.45. The van der Waals surface area contributed by atoms with Gasteiger partial charge < -0.3 is 5.11 Å². The van der Waals surface area contributed by atoms with E-state index in [9.17, 15) is 5.11 Å². The Balaban J connectivity index is 2.32. The van der Waals surface area contributed by atoms with Crippen molar-refractivity contribution in [3.63, 3.8) is 0 Å². The Kier molecular flexibility index (Phi) is 3.94. The van der Waals surface area contributed by atoms with Crippen LogP contribution >= 0.6 is 0 Å². The van der Waals surface area contributed by atoms with E-state index in [2.05, 4.69) is 31.2 Å². The quantitative estimate of drug-likeness (QED) is 0.845. The molecule has 2 aromatic carbocycles. The van der Waals surface area contributed by atoms with E-state index in [1.165, 1.54) is 11.1 Å². The minimum absolute atomic E-state index is 0.213. The topological polar surface area (TPSA) is 20.2 Å². The second-order valence-corrected chi connectivity index (χ2v) is 4.26. The van der Waals surface area contributed by atoms with Crippen molar-refractivity contribution in [1.82, 2.24) is 0 Å². The van der Waals surface area contributed by atoms with Crippen molar-refractivity contribution in [1.29, 1.82) is 0 Å². The van der Waals surface area contributed by atoms with Gasteiger partial charge in [0.15, 0.2) is 0 Å². The zero-order chi connectivity index (χ0) is 12.1. The van der Waals surface area contributed by atoms with E-state index < -0.39 is 6.10 Å². The van der Waals surface area contributed by atoms with Crippen molar-refractivity contribution in [2.24, 2.45) is 0 Å². The van der Waals surface area contributed by atoms with Crippen LogP contribution in [0.5, 0.6) is 0 Å². The fraction of sp³-hybridized carbons (Fsp3) is 0.188. The van der Waals surface area contributed by atoms with Crippen molar-refractivity contribution >= 4 is 0 Å². The van der Waals surface area contributed by atoms with Gasteiger partial charge in [0.2, 0.25) is 0 Å². The summed E-state index contributed by atoms with van der Waals surface area (Å²) in [6.07, 6.45) is 0.106. The third-order valence-electron chi connectivity index (χ3n) is 2.91. The van der Waals surface area contributed by atoms with E-state index in [0.717, 1.165) is 0 Å². The van der Waals surface area contributed by atoms with Gasteiger partial charge in [-0.3, -0.25) is 0 Å². The largest absolute Gasteiger partial charge is 0.393 e. The molecule has 0 saturated heterocycles. The lowest BCUT2D eigenvalue weighted by molar-refractivity contribution is 0.204. The molecule has 0 spiro atoms. The molecule has 0 amide bonds. The van der Waals surface area contributed by atoms with Gasteiger partial charge in [-0.1, -0.05) is 60.7 Å². The molecule has 0 aromatic heterocycles. The van der Waals surface area contributed by atoms with Crippen LogP contribution in [-0.4, -0.2) is 11.2 Å². The average molecular weight is 225 g/mol. The minimum Gasteiger partial charge on any atom is -0.393 e. The molecule has 1 atom stereocenters. The predicted molar refractivity (Wildman–Crippen MR) is 70.7 cm³/mol. The molecule has 2 aromatic rings. The van der Waals surface area contributed by atoms with Crippen LogP contribution in [0.1, 0.15) is 23.5 Å². The highest BCUT2D eigenvalue weighted by molar-refractivity contribution is 5.32. The maximum atomic E-state index is 9.53. The summed E-state index contributed by atoms with van der Waals surface area (Å²) in [6, 6.07) is 20.5. The SMILES string of the molecule is [CH2]C(O)CC(c1ccccc1)c1ccccc1. The lowest BCUT2D eigenvalue weighted by Gasteiger charge is -2.19. The van der Waals surface area contributed by atoms with Crippen molar-refractivity contribution in [2.75, 3.05) is 0 Å². The van der Waals surface area contributed by atoms with E-state index in [-0.39, 0.29) is 5.92 Å². The Hall–Kier alpha value is -1.60. The van der Waals surface area contributed by atoms with Crippen LogP contribution in [0.15, 0.2) is 60.7 Å². The number of rotatable bonds is 4. The smallest absolute Gasteiger partial charge is 0.0550 e. The Morgan fingerprint density at radius 1 is 0.824 bits per heavy atom. The van der Waals surface area contributed by atoms with E-state index in [1.807, 2.05) is 36.4 Å². The zero-order valence-corrected chi connectivity index (χ0v) is 9.79. The fourth-order valence-electron chi connectivity index (χ4n) is 2.11. The van der Waals surface area contributed by atoms with E-state index in [1.54, 1.807) is 0 Å². The van der Waals surface area contributed by atoms with Crippen LogP contribution in [-0.2, 0) is 0 Å². The van der Waals surface area contributed by atoms with Crippen molar-refractivity contribution < 1.29 is 5.11 Å². The van der Waals surface area contributed by atoms with Gasteiger partial charge in [0.1, 0.15) is 0 Å². The monoisotopic (exact) mass is 225 g/mol. The lowest BCUT2D eigenvalue weighted by Crippen LogP contribution is -2.10. The minimum atomic E-state index is -0.541. The normalized spacial score (nSPS) is 12.6. The first-order valence-electron chi connectivity index (χ1n) is 5.88. The van der Waals surface area contributed by atoms with E-state index >= 15 is 0 Å². The van der Waals surface area contributed by atoms with Gasteiger partial charge in [0, 0.05) is 5.92 Å². The molecule has 1 unspecified atom stereocenters. The third-order valence-corrected chi connectivity index (χ3v) is 2.91. The lowest BCUT2D eigenvalue weighted by atomic mass is 9.87. The van der Waals surface area contributed by atoms with Gasteiger partial charge in [-0.25, -0.2) is 0 Å². The molecule has 0 aliphatic rings. The Labute approximate surface area is 103 Å². The first-order chi connectivity index (χ1) is 8.27. The number of hydrogen-bond donors (Lipinski definition) is 1. The molecule has 1 radical (unpaired) electrons. The molecule has 1 nitrogen and oxygen atoms in total. The summed E-state index contributed by atoms with van der Waals surface area (Å²) < 4.78 is 0. The van der Waals surface area contributed by atoms with E-state index in [4.69, 9.17) is 0 Å². The first kappa shape index (κ1) is 11.9. The molecular weight excluding hydrogens is 208 g/mol. The van der Waals surface area contributed by atoms with Crippen molar-refractivity contribution in [3.8, 4) is 0 Å². The standard InChI is InChI=1S/C16H17O/c1-13(17)12-16(14-8-4-2-5-9-14)15-10-6-3-7-11-15/h2-11,13,16-17H,1,12H2. The van der Waals surface area contributed by atoms with Gasteiger partial charge in [0.05, 0.1) is 6.10 Å². The highest BCUT2D eigenvalue weighted by Crippen LogP contribution is 2.28. The molecule has 0 bridgehead atoms. The number of benzene rings is 2. The summed E-state index contributed by atoms with van der Waals surface area (Å²) in [7, 11) is 0. The molecular formula is C16H17O. The first-order valence-corrected chi connectivity index (χ1v) is 5.88. The van der Waals surface area contributed by atoms with E-state index in [0.29, 0.717) is 6.42 Å². The van der Waals surface area contributed by atoms with Crippen molar-refractivity contribution in [2.45, 2.75) is 18.4 Å². The fourth-order valence-corrected chi connectivity index (χ4v) is 2.11. The molecule has 0 aliphatic carbocycles. The van der Waals surface area contributed by atoms with Crippen LogP contribution < -0.4 is 0 Å². The van der Waals surface area contributed by atoms with Crippen LogP contribution in [0.3, 0.4) is 0 Å². The summed E-state index contributed by atoms with van der Waals surface area (Å²) in [5.74, 6) is 0.213. The number of aliphatic hydroxyl groups is 1. The predicted octanol–water partition coefficient (Wildman–Crippen LogP) is 3.40. The van der Waals surface area contributed by atoms with Gasteiger partial charge in [-0.15, -0.1) is 0 Å². The second-order valence-electron chi connectivity index (χ2n) is 4.26. The summed E-state index contributed by atoms with van der Waals surface area (Å²) in [5, 5.41) is 9.53. The van der Waals surface area contributed by atoms with Crippen LogP contribution in [0.4, 0.5) is 0 Å². The highest BCUT2D eigenvalue weighted by atomic mass is 16.3. The second kappa shape index (κ2) is 5.65. The van der Waals surface area contributed by atoms with Crippen LogP contribution in [0.25, 0.3) is 0 Å². The Bertz CT molecular complexity index is 394. The molecule has 0 aliphatic heterocycles. The maximum Gasteiger partial charge on any atom is 0.0550 e. The zero-order valence-electron chi connectivity index (χ0n) is 9.79. The summed E-state index contributed by atoms with van der Waals surface area (Å²) in [4.78, 5) is 0. The maximum absolute atomic E-state index is 9.53. The molecule has 0 fully saturated rings. The van der Waals surface area contributed by atoms with Gasteiger partial charge in [-0.2, -0.15) is 0 Å². The number of aliphatic hydroxyl groups excluding tert-OH is 1. The molecule has 0 heterocycles. The van der Waals surface area contributed by atoms with Gasteiger partial charge in [0.25, 0.3) is 0 Å². The number of hydrogen-bond acceptors (Lipinski definition) is 1. The molecule has 1 heteroatoms. The molecule has 2 rings (SSSR count). The Morgan fingerprint density at radius 2 is 1.24 bits per heavy atom. The average Bonchev–Trinajstić information content (AvgIpc) is 2.38. The molecule has 1 N–H and O–H groups in total. The van der Waals surface area contributed by atoms with Crippen LogP contribution in [0, 0.1) is 6.92 Å². The van der Waals surface area contributed by atoms with Gasteiger partial charge in [-0.05, 0) is 24.5 Å². The summed E-state index contributed by atoms with van der Waals surface area (Å²) >= 11 is 0. The molecule has 87 valence electrons. The van der Waals surface area contributed by atoms with Gasteiger partial charge >= 0.3 is 0 Å². The van der Waals surface area contributed by atoms with Crippen LogP contribution in [0.2, 0.25) is 0 Å². The molecule has 17 heavy (non-hydrogen) atoms.